The fourth-order valence-corrected chi connectivity index (χ4v) is 1.38. The second-order valence-corrected chi connectivity index (χ2v) is 3.67. The van der Waals surface area contributed by atoms with Crippen LogP contribution in [0.4, 0.5) is 14.7 Å². The Morgan fingerprint density at radius 1 is 1.28 bits per heavy atom. The van der Waals surface area contributed by atoms with E-state index in [9.17, 15) is 13.6 Å². The molecule has 1 N–H and O–H groups in total. The maximum atomic E-state index is 13.3. The lowest BCUT2D eigenvalue weighted by molar-refractivity contribution is 0.102. The van der Waals surface area contributed by atoms with E-state index in [-0.39, 0.29) is 16.7 Å². The topological polar surface area (TPSA) is 54.9 Å². The summed E-state index contributed by atoms with van der Waals surface area (Å²) in [7, 11) is 0. The van der Waals surface area contributed by atoms with Crippen molar-refractivity contribution in [1.82, 2.24) is 9.97 Å². The molecular formula is C11H6ClF2N3O. The third-order valence-corrected chi connectivity index (χ3v) is 2.23. The van der Waals surface area contributed by atoms with Gasteiger partial charge < -0.3 is 0 Å². The number of anilines is 1. The van der Waals surface area contributed by atoms with Crippen LogP contribution >= 0.6 is 11.6 Å². The summed E-state index contributed by atoms with van der Waals surface area (Å²) in [6, 6.07) is 4.06. The molecule has 0 aliphatic rings. The second kappa shape index (κ2) is 5.05. The fourth-order valence-electron chi connectivity index (χ4n) is 1.24. The van der Waals surface area contributed by atoms with Gasteiger partial charge in [0, 0.05) is 12.3 Å². The molecule has 1 amide bonds. The van der Waals surface area contributed by atoms with Crippen LogP contribution in [-0.4, -0.2) is 15.9 Å². The zero-order valence-corrected chi connectivity index (χ0v) is 9.58. The molecule has 0 unspecified atom stereocenters. The number of hydrogen-bond donors (Lipinski definition) is 1. The fraction of sp³-hybridized carbons (Fsp3) is 0. The van der Waals surface area contributed by atoms with Crippen LogP contribution in [0, 0.1) is 11.6 Å². The van der Waals surface area contributed by atoms with E-state index in [1.807, 2.05) is 0 Å². The molecule has 0 saturated heterocycles. The molecule has 0 bridgehead atoms. The molecule has 92 valence electrons. The van der Waals surface area contributed by atoms with Crippen molar-refractivity contribution in [2.75, 3.05) is 5.32 Å². The molecule has 0 saturated carbocycles. The minimum absolute atomic E-state index is 0.0591. The van der Waals surface area contributed by atoms with Gasteiger partial charge in [0.05, 0.1) is 5.56 Å². The first kappa shape index (κ1) is 12.4. The predicted octanol–water partition coefficient (Wildman–Crippen LogP) is 2.66. The number of benzene rings is 1. The highest BCUT2D eigenvalue weighted by atomic mass is 35.5. The molecule has 0 spiro atoms. The van der Waals surface area contributed by atoms with Crippen molar-refractivity contribution in [2.45, 2.75) is 0 Å². The number of halogens is 3. The highest BCUT2D eigenvalue weighted by molar-refractivity contribution is 6.29. The van der Waals surface area contributed by atoms with Crippen molar-refractivity contribution < 1.29 is 13.6 Å². The Morgan fingerprint density at radius 3 is 2.72 bits per heavy atom. The molecule has 18 heavy (non-hydrogen) atoms. The summed E-state index contributed by atoms with van der Waals surface area (Å²) in [6.45, 7) is 0. The molecule has 2 rings (SSSR count). The van der Waals surface area contributed by atoms with E-state index in [4.69, 9.17) is 11.6 Å². The Labute approximate surface area is 106 Å². The molecule has 0 aliphatic carbocycles. The Hall–Kier alpha value is -2.08. The largest absolute Gasteiger partial charge is 0.290 e. The van der Waals surface area contributed by atoms with E-state index in [2.05, 4.69) is 15.3 Å². The average Bonchev–Trinajstić information content (AvgIpc) is 2.28. The van der Waals surface area contributed by atoms with Gasteiger partial charge in [-0.2, -0.15) is 0 Å². The highest BCUT2D eigenvalue weighted by Gasteiger charge is 2.13. The van der Waals surface area contributed by atoms with E-state index < -0.39 is 17.5 Å². The van der Waals surface area contributed by atoms with Crippen LogP contribution in [0.15, 0.2) is 30.5 Å². The highest BCUT2D eigenvalue weighted by Crippen LogP contribution is 2.12. The van der Waals surface area contributed by atoms with E-state index in [0.717, 1.165) is 12.1 Å². The minimum atomic E-state index is -0.963. The van der Waals surface area contributed by atoms with Crippen molar-refractivity contribution in [2.24, 2.45) is 0 Å². The Kier molecular flexibility index (Phi) is 3.47. The van der Waals surface area contributed by atoms with Crippen LogP contribution in [-0.2, 0) is 0 Å². The van der Waals surface area contributed by atoms with E-state index in [0.29, 0.717) is 6.07 Å². The Balaban J connectivity index is 2.22. The molecule has 2 aromatic rings. The van der Waals surface area contributed by atoms with Gasteiger partial charge in [-0.05, 0) is 18.2 Å². The Morgan fingerprint density at radius 2 is 2.06 bits per heavy atom. The lowest BCUT2D eigenvalue weighted by atomic mass is 10.2. The van der Waals surface area contributed by atoms with Crippen LogP contribution in [0.5, 0.6) is 0 Å². The summed E-state index contributed by atoms with van der Waals surface area (Å²) in [5, 5.41) is 2.39. The molecule has 0 atom stereocenters. The van der Waals surface area contributed by atoms with Crippen molar-refractivity contribution >= 4 is 23.5 Å². The molecule has 1 heterocycles. The van der Waals surface area contributed by atoms with Gasteiger partial charge in [-0.1, -0.05) is 11.6 Å². The number of carbonyl (C=O) groups excluding carboxylic acids is 1. The van der Waals surface area contributed by atoms with Crippen molar-refractivity contribution in [1.29, 1.82) is 0 Å². The van der Waals surface area contributed by atoms with Crippen LogP contribution < -0.4 is 5.32 Å². The van der Waals surface area contributed by atoms with Crippen LogP contribution in [0.2, 0.25) is 5.15 Å². The number of carbonyl (C=O) groups is 1. The van der Waals surface area contributed by atoms with Gasteiger partial charge in [0.25, 0.3) is 5.91 Å². The summed E-state index contributed by atoms with van der Waals surface area (Å²) in [5.74, 6) is -2.57. The first-order valence-electron chi connectivity index (χ1n) is 4.81. The van der Waals surface area contributed by atoms with E-state index in [1.54, 1.807) is 0 Å². The molecule has 0 radical (unpaired) electrons. The number of nitrogens with one attached hydrogen (secondary N) is 1. The molecule has 4 nitrogen and oxygen atoms in total. The number of rotatable bonds is 2. The maximum Gasteiger partial charge on any atom is 0.260 e. The van der Waals surface area contributed by atoms with Crippen LogP contribution in [0.3, 0.4) is 0 Å². The molecule has 1 aromatic heterocycles. The minimum Gasteiger partial charge on any atom is -0.290 e. The number of nitrogens with zero attached hydrogens (tertiary/aromatic N) is 2. The van der Waals surface area contributed by atoms with Gasteiger partial charge in [0.1, 0.15) is 16.8 Å². The molecule has 0 aliphatic heterocycles. The van der Waals surface area contributed by atoms with Crippen molar-refractivity contribution in [3.8, 4) is 0 Å². The number of aromatic nitrogens is 2. The van der Waals surface area contributed by atoms with Crippen LogP contribution in [0.1, 0.15) is 10.4 Å². The average molecular weight is 270 g/mol. The SMILES string of the molecule is O=C(Nc1nccc(Cl)n1)c1ccc(F)cc1F. The standard InChI is InChI=1S/C11H6ClF2N3O/c12-9-3-4-15-11(16-9)17-10(18)7-2-1-6(13)5-8(7)14/h1-5H,(H,15,16,17,18). The molecule has 1 aromatic carbocycles. The normalized spacial score (nSPS) is 10.2. The van der Waals surface area contributed by atoms with E-state index >= 15 is 0 Å². The van der Waals surface area contributed by atoms with E-state index in [1.165, 1.54) is 12.3 Å². The monoisotopic (exact) mass is 269 g/mol. The summed E-state index contributed by atoms with van der Waals surface area (Å²) >= 11 is 5.60. The quantitative estimate of drug-likeness (QED) is 0.853. The Bertz CT molecular complexity index is 607. The zero-order chi connectivity index (χ0) is 13.1. The second-order valence-electron chi connectivity index (χ2n) is 3.28. The number of amides is 1. The smallest absolute Gasteiger partial charge is 0.260 e. The summed E-state index contributed by atoms with van der Waals surface area (Å²) in [6.07, 6.45) is 1.34. The summed E-state index contributed by atoms with van der Waals surface area (Å²) in [4.78, 5) is 19.1. The first-order chi connectivity index (χ1) is 8.56. The van der Waals surface area contributed by atoms with Crippen LogP contribution in [0.25, 0.3) is 0 Å². The third kappa shape index (κ3) is 2.78. The summed E-state index contributed by atoms with van der Waals surface area (Å²) in [5.41, 5.74) is -0.306. The lowest BCUT2D eigenvalue weighted by Crippen LogP contribution is -2.15. The van der Waals surface area contributed by atoms with Gasteiger partial charge in [0.2, 0.25) is 5.95 Å². The van der Waals surface area contributed by atoms with Gasteiger partial charge in [0.15, 0.2) is 0 Å². The molecule has 7 heteroatoms. The summed E-state index contributed by atoms with van der Waals surface area (Å²) < 4.78 is 26.0. The van der Waals surface area contributed by atoms with Gasteiger partial charge in [-0.15, -0.1) is 0 Å². The molecular weight excluding hydrogens is 264 g/mol. The van der Waals surface area contributed by atoms with Crippen molar-refractivity contribution in [3.63, 3.8) is 0 Å². The van der Waals surface area contributed by atoms with Crippen molar-refractivity contribution in [3.05, 3.63) is 52.8 Å². The lowest BCUT2D eigenvalue weighted by Gasteiger charge is -2.04. The predicted molar refractivity (Wildman–Crippen MR) is 61.4 cm³/mol. The van der Waals surface area contributed by atoms with Gasteiger partial charge in [-0.3, -0.25) is 10.1 Å². The number of hydrogen-bond acceptors (Lipinski definition) is 3. The third-order valence-electron chi connectivity index (χ3n) is 2.02. The van der Waals surface area contributed by atoms with Gasteiger partial charge in [-0.25, -0.2) is 18.7 Å². The first-order valence-corrected chi connectivity index (χ1v) is 5.19. The molecule has 0 fully saturated rings. The zero-order valence-electron chi connectivity index (χ0n) is 8.82. The van der Waals surface area contributed by atoms with Gasteiger partial charge >= 0.3 is 0 Å². The maximum absolute atomic E-state index is 13.3.